The summed E-state index contributed by atoms with van der Waals surface area (Å²) >= 11 is 0. The molecular formula is C15H15N3. The molecule has 1 aliphatic rings. The Hall–Kier alpha value is -2.08. The van der Waals surface area contributed by atoms with Gasteiger partial charge in [0, 0.05) is 30.2 Å². The third-order valence-corrected chi connectivity index (χ3v) is 3.69. The van der Waals surface area contributed by atoms with Crippen molar-refractivity contribution in [2.24, 2.45) is 0 Å². The molecule has 0 saturated heterocycles. The summed E-state index contributed by atoms with van der Waals surface area (Å²) in [6.45, 7) is 3.10. The van der Waals surface area contributed by atoms with E-state index in [1.807, 2.05) is 24.5 Å². The maximum absolute atomic E-state index is 9.24. The van der Waals surface area contributed by atoms with Gasteiger partial charge in [-0.3, -0.25) is 4.98 Å². The number of pyridine rings is 1. The molecule has 0 bridgehead atoms. The summed E-state index contributed by atoms with van der Waals surface area (Å²) in [6.07, 6.45) is 7.10. The quantitative estimate of drug-likeness (QED) is 0.764. The Kier molecular flexibility index (Phi) is 2.64. The Morgan fingerprint density at radius 3 is 3.06 bits per heavy atom. The Morgan fingerprint density at radius 2 is 2.28 bits per heavy atom. The van der Waals surface area contributed by atoms with Crippen molar-refractivity contribution in [3.63, 3.8) is 0 Å². The Balaban J connectivity index is 2.22. The van der Waals surface area contributed by atoms with Crippen LogP contribution in [-0.4, -0.2) is 9.55 Å². The van der Waals surface area contributed by atoms with Crippen LogP contribution in [-0.2, 0) is 13.0 Å². The van der Waals surface area contributed by atoms with Gasteiger partial charge < -0.3 is 4.57 Å². The minimum atomic E-state index is 0.827. The average molecular weight is 237 g/mol. The molecule has 0 radical (unpaired) electrons. The van der Waals surface area contributed by atoms with Gasteiger partial charge in [-0.15, -0.1) is 0 Å². The molecule has 90 valence electrons. The minimum Gasteiger partial charge on any atom is -0.343 e. The summed E-state index contributed by atoms with van der Waals surface area (Å²) in [7, 11) is 0. The van der Waals surface area contributed by atoms with Crippen LogP contribution in [0, 0.1) is 18.3 Å². The molecule has 3 heterocycles. The fourth-order valence-electron chi connectivity index (χ4n) is 2.73. The number of nitriles is 1. The molecule has 3 nitrogen and oxygen atoms in total. The molecule has 2 aromatic rings. The van der Waals surface area contributed by atoms with E-state index in [1.165, 1.54) is 24.1 Å². The largest absolute Gasteiger partial charge is 0.343 e. The van der Waals surface area contributed by atoms with Crippen LogP contribution in [0.3, 0.4) is 0 Å². The van der Waals surface area contributed by atoms with Gasteiger partial charge in [0.25, 0.3) is 0 Å². The first-order chi connectivity index (χ1) is 8.81. The van der Waals surface area contributed by atoms with Crippen molar-refractivity contribution in [3.05, 3.63) is 41.3 Å². The van der Waals surface area contributed by atoms with Crippen LogP contribution >= 0.6 is 0 Å². The molecule has 0 N–H and O–H groups in total. The van der Waals surface area contributed by atoms with Crippen molar-refractivity contribution in [3.8, 4) is 17.3 Å². The molecule has 0 spiro atoms. The van der Waals surface area contributed by atoms with E-state index in [0.29, 0.717) is 0 Å². The molecule has 0 aromatic carbocycles. The highest BCUT2D eigenvalue weighted by Crippen LogP contribution is 2.31. The zero-order valence-corrected chi connectivity index (χ0v) is 10.5. The van der Waals surface area contributed by atoms with Crippen molar-refractivity contribution in [2.45, 2.75) is 32.7 Å². The van der Waals surface area contributed by atoms with E-state index in [-0.39, 0.29) is 0 Å². The molecule has 0 atom stereocenters. The van der Waals surface area contributed by atoms with E-state index in [1.54, 1.807) is 0 Å². The van der Waals surface area contributed by atoms with E-state index in [2.05, 4.69) is 22.5 Å². The number of rotatable bonds is 1. The van der Waals surface area contributed by atoms with Crippen molar-refractivity contribution in [1.82, 2.24) is 9.55 Å². The highest BCUT2D eigenvalue weighted by Gasteiger charge is 2.19. The second kappa shape index (κ2) is 4.30. The van der Waals surface area contributed by atoms with E-state index in [0.717, 1.165) is 29.8 Å². The highest BCUT2D eigenvalue weighted by molar-refractivity contribution is 5.66. The first-order valence-corrected chi connectivity index (χ1v) is 6.35. The summed E-state index contributed by atoms with van der Waals surface area (Å²) < 4.78 is 2.30. The smallest absolute Gasteiger partial charge is 0.101 e. The number of hydrogen-bond donors (Lipinski definition) is 0. The van der Waals surface area contributed by atoms with Gasteiger partial charge in [-0.05, 0) is 43.9 Å². The molecule has 0 fully saturated rings. The van der Waals surface area contributed by atoms with Crippen molar-refractivity contribution in [1.29, 1.82) is 5.26 Å². The van der Waals surface area contributed by atoms with Gasteiger partial charge in [0.15, 0.2) is 0 Å². The molecule has 1 aliphatic heterocycles. The van der Waals surface area contributed by atoms with Gasteiger partial charge >= 0.3 is 0 Å². The fraction of sp³-hybridized carbons (Fsp3) is 0.333. The summed E-state index contributed by atoms with van der Waals surface area (Å²) in [6, 6.07) is 6.36. The van der Waals surface area contributed by atoms with E-state index in [9.17, 15) is 5.26 Å². The van der Waals surface area contributed by atoms with Crippen LogP contribution in [0.2, 0.25) is 0 Å². The van der Waals surface area contributed by atoms with E-state index in [4.69, 9.17) is 0 Å². The molecule has 3 heteroatoms. The van der Waals surface area contributed by atoms with Crippen LogP contribution < -0.4 is 0 Å². The molecule has 0 aliphatic carbocycles. The lowest BCUT2D eigenvalue weighted by Gasteiger charge is -2.18. The van der Waals surface area contributed by atoms with E-state index >= 15 is 0 Å². The summed E-state index contributed by atoms with van der Waals surface area (Å²) in [5.41, 5.74) is 5.52. The van der Waals surface area contributed by atoms with Gasteiger partial charge in [0.2, 0.25) is 0 Å². The number of aromatic nitrogens is 2. The van der Waals surface area contributed by atoms with Gasteiger partial charge in [0.05, 0.1) is 11.3 Å². The van der Waals surface area contributed by atoms with Gasteiger partial charge in [-0.2, -0.15) is 5.26 Å². The molecule has 0 saturated carbocycles. The predicted molar refractivity (Wildman–Crippen MR) is 70.1 cm³/mol. The minimum absolute atomic E-state index is 0.827. The molecule has 0 unspecified atom stereocenters. The third kappa shape index (κ3) is 1.62. The molecular weight excluding hydrogens is 222 g/mol. The lowest BCUT2D eigenvalue weighted by Crippen LogP contribution is -2.11. The fourth-order valence-corrected chi connectivity index (χ4v) is 2.73. The second-order valence-electron chi connectivity index (χ2n) is 4.80. The third-order valence-electron chi connectivity index (χ3n) is 3.69. The number of hydrogen-bond acceptors (Lipinski definition) is 2. The number of aryl methyl sites for hydroxylation is 1. The number of nitrogens with zero attached hydrogens (tertiary/aromatic N) is 3. The number of fused-ring (bicyclic) bond motifs is 1. The van der Waals surface area contributed by atoms with Crippen LogP contribution in [0.15, 0.2) is 24.5 Å². The molecule has 18 heavy (non-hydrogen) atoms. The summed E-state index contributed by atoms with van der Waals surface area (Å²) in [5, 5.41) is 9.24. The molecule has 0 amide bonds. The topological polar surface area (TPSA) is 41.6 Å². The standard InChI is InChI=1S/C15H15N3/c1-11-5-6-17-10-13(11)15-8-12(9-16)14-4-2-3-7-18(14)15/h5-6,8,10H,2-4,7H2,1H3. The Morgan fingerprint density at radius 1 is 1.39 bits per heavy atom. The summed E-state index contributed by atoms with van der Waals surface area (Å²) in [5.74, 6) is 0. The zero-order chi connectivity index (χ0) is 12.5. The maximum atomic E-state index is 9.24. The lowest BCUT2D eigenvalue weighted by atomic mass is 10.1. The van der Waals surface area contributed by atoms with Gasteiger partial charge in [0.1, 0.15) is 6.07 Å². The predicted octanol–water partition coefficient (Wildman–Crippen LogP) is 3.07. The normalized spacial score (nSPS) is 14.0. The van der Waals surface area contributed by atoms with Crippen LogP contribution in [0.5, 0.6) is 0 Å². The van der Waals surface area contributed by atoms with E-state index < -0.39 is 0 Å². The van der Waals surface area contributed by atoms with Crippen molar-refractivity contribution < 1.29 is 0 Å². The maximum Gasteiger partial charge on any atom is 0.101 e. The van der Waals surface area contributed by atoms with Crippen molar-refractivity contribution in [2.75, 3.05) is 0 Å². The SMILES string of the molecule is Cc1ccncc1-c1cc(C#N)c2n1CCCC2. The van der Waals surface area contributed by atoms with Gasteiger partial charge in [-0.1, -0.05) is 0 Å². The molecule has 2 aromatic heterocycles. The van der Waals surface area contributed by atoms with Gasteiger partial charge in [-0.25, -0.2) is 0 Å². The second-order valence-corrected chi connectivity index (χ2v) is 4.80. The van der Waals surface area contributed by atoms with Crippen LogP contribution in [0.25, 0.3) is 11.3 Å². The first-order valence-electron chi connectivity index (χ1n) is 6.35. The zero-order valence-electron chi connectivity index (χ0n) is 10.5. The first kappa shape index (κ1) is 11.0. The summed E-state index contributed by atoms with van der Waals surface area (Å²) in [4.78, 5) is 4.21. The molecule has 3 rings (SSSR count). The monoisotopic (exact) mass is 237 g/mol. The van der Waals surface area contributed by atoms with Crippen LogP contribution in [0.4, 0.5) is 0 Å². The van der Waals surface area contributed by atoms with Crippen molar-refractivity contribution >= 4 is 0 Å². The van der Waals surface area contributed by atoms with Crippen LogP contribution in [0.1, 0.15) is 29.7 Å². The average Bonchev–Trinajstić information content (AvgIpc) is 2.78. The highest BCUT2D eigenvalue weighted by atomic mass is 15.0. The Labute approximate surface area is 107 Å². The Bertz CT molecular complexity index is 632. The lowest BCUT2D eigenvalue weighted by molar-refractivity contribution is 0.536.